The zero-order valence-electron chi connectivity index (χ0n) is 17.7. The summed E-state index contributed by atoms with van der Waals surface area (Å²) in [5.41, 5.74) is 6.29. The van der Waals surface area contributed by atoms with Gasteiger partial charge in [-0.05, 0) is 24.0 Å². The highest BCUT2D eigenvalue weighted by Crippen LogP contribution is 2.06. The summed E-state index contributed by atoms with van der Waals surface area (Å²) in [4.78, 5) is 48.9. The van der Waals surface area contributed by atoms with E-state index in [2.05, 4.69) is 28.6 Å². The number of hydrogen-bond acceptors (Lipinski definition) is 8. The second kappa shape index (κ2) is 14.7. The number of rotatable bonds is 14. The van der Waals surface area contributed by atoms with Crippen LogP contribution in [-0.4, -0.2) is 82.4 Å². The van der Waals surface area contributed by atoms with Crippen molar-refractivity contribution in [3.05, 3.63) is 35.9 Å². The molecule has 4 atom stereocenters. The summed E-state index contributed by atoms with van der Waals surface area (Å²) in [6.45, 7) is -0.709. The van der Waals surface area contributed by atoms with Crippen molar-refractivity contribution in [3.8, 4) is 0 Å². The molecular weight excluding hydrogens is 456 g/mol. The molecule has 4 unspecified atom stereocenters. The summed E-state index contributed by atoms with van der Waals surface area (Å²) in [5.74, 6) is -2.79. The molecule has 7 N–H and O–H groups in total. The fourth-order valence-electron chi connectivity index (χ4n) is 2.65. The van der Waals surface area contributed by atoms with Gasteiger partial charge in [-0.2, -0.15) is 24.4 Å². The molecule has 3 amide bonds. The number of thiol groups is 1. The molecule has 32 heavy (non-hydrogen) atoms. The van der Waals surface area contributed by atoms with Crippen molar-refractivity contribution in [1.82, 2.24) is 16.0 Å². The van der Waals surface area contributed by atoms with Gasteiger partial charge in [0, 0.05) is 12.2 Å². The lowest BCUT2D eigenvalue weighted by molar-refractivity contribution is -0.142. The van der Waals surface area contributed by atoms with E-state index in [1.165, 1.54) is 11.8 Å². The van der Waals surface area contributed by atoms with Crippen LogP contribution in [0.3, 0.4) is 0 Å². The predicted molar refractivity (Wildman–Crippen MR) is 125 cm³/mol. The number of carboxylic acid groups (broad SMARTS) is 1. The summed E-state index contributed by atoms with van der Waals surface area (Å²) in [5, 5.41) is 26.3. The van der Waals surface area contributed by atoms with Gasteiger partial charge < -0.3 is 31.9 Å². The topological polar surface area (TPSA) is 171 Å². The number of benzene rings is 1. The van der Waals surface area contributed by atoms with Crippen molar-refractivity contribution in [3.63, 3.8) is 0 Å². The standard InChI is InChI=1S/C20H30N4O6S2/c1-32-8-7-14(22-19(28)16(10-25)24-17(26)13(21)11-31)18(27)23-15(20(29)30)9-12-5-3-2-4-6-12/h2-6,13-16,25,31H,7-11,21H2,1H3,(H,22,28)(H,23,27)(H,24,26)(H,29,30). The second-order valence-corrected chi connectivity index (χ2v) is 8.32. The maximum absolute atomic E-state index is 12.8. The highest BCUT2D eigenvalue weighted by Gasteiger charge is 2.29. The van der Waals surface area contributed by atoms with Gasteiger partial charge in [-0.1, -0.05) is 30.3 Å². The van der Waals surface area contributed by atoms with Crippen LogP contribution in [0.25, 0.3) is 0 Å². The Kier molecular flexibility index (Phi) is 12.8. The van der Waals surface area contributed by atoms with Crippen LogP contribution < -0.4 is 21.7 Å². The van der Waals surface area contributed by atoms with E-state index in [1.807, 2.05) is 6.26 Å². The quantitative estimate of drug-likeness (QED) is 0.160. The smallest absolute Gasteiger partial charge is 0.326 e. The molecule has 12 heteroatoms. The molecule has 0 radical (unpaired) electrons. The number of nitrogens with one attached hydrogen (secondary N) is 3. The van der Waals surface area contributed by atoms with E-state index in [-0.39, 0.29) is 18.6 Å². The summed E-state index contributed by atoms with van der Waals surface area (Å²) in [6, 6.07) is 4.28. The van der Waals surface area contributed by atoms with Gasteiger partial charge in [0.1, 0.15) is 18.1 Å². The lowest BCUT2D eigenvalue weighted by Gasteiger charge is -2.24. The molecule has 10 nitrogen and oxygen atoms in total. The molecule has 178 valence electrons. The van der Waals surface area contributed by atoms with E-state index in [0.29, 0.717) is 5.75 Å². The fourth-order valence-corrected chi connectivity index (χ4v) is 3.29. The Balaban J connectivity index is 2.87. The average molecular weight is 487 g/mol. The first-order valence-electron chi connectivity index (χ1n) is 9.87. The SMILES string of the molecule is CSCCC(NC(=O)C(CO)NC(=O)C(N)CS)C(=O)NC(Cc1ccccc1)C(=O)O. The molecular formula is C20H30N4O6S2. The number of aliphatic hydroxyl groups is 1. The van der Waals surface area contributed by atoms with Crippen LogP contribution in [0, 0.1) is 0 Å². The summed E-state index contributed by atoms with van der Waals surface area (Å²) in [6.07, 6.45) is 2.11. The zero-order valence-corrected chi connectivity index (χ0v) is 19.4. The number of amides is 3. The average Bonchev–Trinajstić information content (AvgIpc) is 2.79. The molecule has 0 heterocycles. The minimum atomic E-state index is -1.32. The normalized spacial score (nSPS) is 14.5. The molecule has 0 aliphatic rings. The van der Waals surface area contributed by atoms with E-state index < -0.39 is 54.5 Å². The van der Waals surface area contributed by atoms with Gasteiger partial charge in [-0.15, -0.1) is 0 Å². The van der Waals surface area contributed by atoms with Crippen LogP contribution in [0.2, 0.25) is 0 Å². The summed E-state index contributed by atoms with van der Waals surface area (Å²) >= 11 is 5.35. The third-order valence-corrected chi connectivity index (χ3v) is 5.53. The van der Waals surface area contributed by atoms with E-state index in [9.17, 15) is 29.4 Å². The number of carbonyl (C=O) groups is 4. The van der Waals surface area contributed by atoms with Crippen molar-refractivity contribution in [2.75, 3.05) is 24.4 Å². The maximum atomic E-state index is 12.8. The van der Waals surface area contributed by atoms with E-state index in [4.69, 9.17) is 5.73 Å². The number of hydrogen-bond donors (Lipinski definition) is 7. The summed E-state index contributed by atoms with van der Waals surface area (Å²) < 4.78 is 0. The Bertz CT molecular complexity index is 768. The molecule has 0 aliphatic heterocycles. The van der Waals surface area contributed by atoms with Crippen LogP contribution in [0.4, 0.5) is 0 Å². The first-order chi connectivity index (χ1) is 15.2. The van der Waals surface area contributed by atoms with Crippen LogP contribution in [0.1, 0.15) is 12.0 Å². The Morgan fingerprint density at radius 1 is 1.00 bits per heavy atom. The maximum Gasteiger partial charge on any atom is 0.326 e. The number of aliphatic carboxylic acids is 1. The molecule has 1 aromatic carbocycles. The highest BCUT2D eigenvalue weighted by molar-refractivity contribution is 7.98. The highest BCUT2D eigenvalue weighted by atomic mass is 32.2. The third-order valence-electron chi connectivity index (χ3n) is 4.49. The van der Waals surface area contributed by atoms with Gasteiger partial charge in [0.25, 0.3) is 0 Å². The van der Waals surface area contributed by atoms with Crippen molar-refractivity contribution in [2.24, 2.45) is 5.73 Å². The van der Waals surface area contributed by atoms with Crippen LogP contribution >= 0.6 is 24.4 Å². The van der Waals surface area contributed by atoms with Crippen molar-refractivity contribution >= 4 is 48.1 Å². The number of aliphatic hydroxyl groups excluding tert-OH is 1. The number of nitrogens with two attached hydrogens (primary N) is 1. The number of thioether (sulfide) groups is 1. The lowest BCUT2D eigenvalue weighted by Crippen LogP contribution is -2.58. The van der Waals surface area contributed by atoms with E-state index >= 15 is 0 Å². The van der Waals surface area contributed by atoms with Gasteiger partial charge in [-0.25, -0.2) is 4.79 Å². The van der Waals surface area contributed by atoms with Gasteiger partial charge in [0.15, 0.2) is 0 Å². The van der Waals surface area contributed by atoms with Gasteiger partial charge >= 0.3 is 5.97 Å². The zero-order chi connectivity index (χ0) is 24.1. The first-order valence-corrected chi connectivity index (χ1v) is 11.9. The molecule has 0 saturated carbocycles. The largest absolute Gasteiger partial charge is 0.480 e. The number of carbonyl (C=O) groups excluding carboxylic acids is 3. The Morgan fingerprint density at radius 3 is 2.09 bits per heavy atom. The molecule has 0 spiro atoms. The molecule has 0 fully saturated rings. The van der Waals surface area contributed by atoms with Crippen LogP contribution in [-0.2, 0) is 25.6 Å². The van der Waals surface area contributed by atoms with E-state index in [0.717, 1.165) is 5.56 Å². The molecule has 1 aromatic rings. The first kappa shape index (κ1) is 27.8. The molecule has 0 bridgehead atoms. The van der Waals surface area contributed by atoms with Crippen molar-refractivity contribution in [1.29, 1.82) is 0 Å². The fraction of sp³-hybridized carbons (Fsp3) is 0.500. The molecule has 0 aromatic heterocycles. The van der Waals surface area contributed by atoms with Gasteiger partial charge in [0.2, 0.25) is 17.7 Å². The van der Waals surface area contributed by atoms with Crippen molar-refractivity contribution in [2.45, 2.75) is 37.0 Å². The van der Waals surface area contributed by atoms with E-state index in [1.54, 1.807) is 30.3 Å². The minimum Gasteiger partial charge on any atom is -0.480 e. The Labute approximate surface area is 196 Å². The van der Waals surface area contributed by atoms with Gasteiger partial charge in [-0.3, -0.25) is 14.4 Å². The molecule has 1 rings (SSSR count). The Morgan fingerprint density at radius 2 is 1.56 bits per heavy atom. The van der Waals surface area contributed by atoms with Crippen LogP contribution in [0.15, 0.2) is 30.3 Å². The minimum absolute atomic E-state index is 0.0440. The van der Waals surface area contributed by atoms with Crippen molar-refractivity contribution < 1.29 is 29.4 Å². The van der Waals surface area contributed by atoms with Gasteiger partial charge in [0.05, 0.1) is 12.6 Å². The molecule has 0 aliphatic carbocycles. The lowest BCUT2D eigenvalue weighted by atomic mass is 10.1. The monoisotopic (exact) mass is 486 g/mol. The predicted octanol–water partition coefficient (Wildman–Crippen LogP) is -1.23. The third kappa shape index (κ3) is 9.47. The molecule has 0 saturated heterocycles. The Hall–Kier alpha value is -2.28. The number of carboxylic acids is 1. The second-order valence-electron chi connectivity index (χ2n) is 6.96. The summed E-state index contributed by atoms with van der Waals surface area (Å²) in [7, 11) is 0. The van der Waals surface area contributed by atoms with Crippen LogP contribution in [0.5, 0.6) is 0 Å².